The molecule has 1 heterocycles. The van der Waals surface area contributed by atoms with Crippen molar-refractivity contribution in [3.63, 3.8) is 0 Å². The zero-order chi connectivity index (χ0) is 37.8. The molecule has 0 unspecified atom stereocenters. The summed E-state index contributed by atoms with van der Waals surface area (Å²) in [5.41, 5.74) is 4.02. The fraction of sp³-hybridized carbons (Fsp3) is 0.0732. The van der Waals surface area contributed by atoms with E-state index in [4.69, 9.17) is 34.9 Å². The number of carbonyl (C=O) groups excluding carboxylic acids is 1. The summed E-state index contributed by atoms with van der Waals surface area (Å²) in [5, 5.41) is 81.0. The summed E-state index contributed by atoms with van der Waals surface area (Å²) in [7, 11) is -3.00. The molecule has 0 amide bonds. The van der Waals surface area contributed by atoms with E-state index < -0.39 is 14.2 Å². The van der Waals surface area contributed by atoms with Crippen molar-refractivity contribution in [1.29, 1.82) is 0 Å². The van der Waals surface area contributed by atoms with Crippen LogP contribution >= 0.6 is 0 Å². The van der Waals surface area contributed by atoms with Gasteiger partial charge in [-0.1, -0.05) is 82.9 Å². The molecule has 12 nitrogen and oxygen atoms in total. The molecule has 0 saturated heterocycles. The van der Waals surface area contributed by atoms with Gasteiger partial charge in [0, 0.05) is 46.3 Å². The van der Waals surface area contributed by atoms with Crippen molar-refractivity contribution in [3.05, 3.63) is 149 Å². The maximum atomic E-state index is 11.7. The molecule has 55 heavy (non-hydrogen) atoms. The lowest BCUT2D eigenvalue weighted by molar-refractivity contribution is 0.112. The van der Waals surface area contributed by atoms with E-state index in [1.807, 2.05) is 0 Å². The Morgan fingerprint density at radius 3 is 1.38 bits per heavy atom. The van der Waals surface area contributed by atoms with Gasteiger partial charge in [-0.25, -0.2) is 0 Å². The van der Waals surface area contributed by atoms with Crippen LogP contribution in [-0.2, 0) is 0 Å². The van der Waals surface area contributed by atoms with Crippen LogP contribution in [-0.4, -0.2) is 66.2 Å². The lowest BCUT2D eigenvalue weighted by atomic mass is 9.79. The lowest BCUT2D eigenvalue weighted by Gasteiger charge is -2.15. The zero-order valence-electron chi connectivity index (χ0n) is 27.2. The van der Waals surface area contributed by atoms with Gasteiger partial charge in [0.15, 0.2) is 5.43 Å². The van der Waals surface area contributed by atoms with Gasteiger partial charge >= 0.3 is 14.2 Å². The van der Waals surface area contributed by atoms with E-state index in [1.54, 1.807) is 54.6 Å². The second kappa shape index (κ2) is 21.8. The number of hydrogen-bond acceptors (Lipinski definition) is 12. The van der Waals surface area contributed by atoms with Crippen LogP contribution in [0.15, 0.2) is 143 Å². The predicted octanol–water partition coefficient (Wildman–Crippen LogP) is 5.23. The first-order chi connectivity index (χ1) is 24.8. The molecule has 0 fully saturated rings. The zero-order valence-corrected chi connectivity index (χ0v) is 27.2. The molecule has 1 aliphatic carbocycles. The fourth-order valence-electron chi connectivity index (χ4n) is 4.72. The molecule has 1 aliphatic heterocycles. The third-order valence-corrected chi connectivity index (χ3v) is 7.20. The summed E-state index contributed by atoms with van der Waals surface area (Å²) in [4.78, 5) is 21.9. The third kappa shape index (κ3) is 13.4. The van der Waals surface area contributed by atoms with Crippen molar-refractivity contribution in [1.82, 2.24) is 0 Å². The molecular formula is C41H44B2O12. The molecule has 0 saturated carbocycles. The topological polar surface area (TPSA) is 229 Å². The van der Waals surface area contributed by atoms with Crippen LogP contribution < -0.4 is 16.4 Å². The van der Waals surface area contributed by atoms with Gasteiger partial charge in [0.05, 0.1) is 0 Å². The molecule has 0 bridgehead atoms. The smallest absolute Gasteiger partial charge is 0.488 e. The highest BCUT2D eigenvalue weighted by molar-refractivity contribution is 6.59. The first-order valence-corrected chi connectivity index (χ1v) is 15.4. The summed E-state index contributed by atoms with van der Waals surface area (Å²) < 4.78 is 5.79. The van der Waals surface area contributed by atoms with Crippen LogP contribution in [0.3, 0.4) is 0 Å². The minimum Gasteiger partial charge on any atom is -0.508 e. The molecule has 286 valence electrons. The Bertz CT molecular complexity index is 2180. The van der Waals surface area contributed by atoms with E-state index in [2.05, 4.69) is 0 Å². The highest BCUT2D eigenvalue weighted by atomic mass is 16.4. The van der Waals surface area contributed by atoms with Crippen LogP contribution in [0.25, 0.3) is 33.4 Å². The molecule has 0 radical (unpaired) electrons. The molecular weight excluding hydrogens is 706 g/mol. The monoisotopic (exact) mass is 750 g/mol. The van der Waals surface area contributed by atoms with Gasteiger partial charge in [0.2, 0.25) is 0 Å². The number of carbonyl (C=O) groups is 1. The summed E-state index contributed by atoms with van der Waals surface area (Å²) in [6.07, 6.45) is 0.702. The number of hydrogen-bond donors (Lipinski definition) is 9. The first-order valence-electron chi connectivity index (χ1n) is 15.4. The molecule has 2 aliphatic rings. The first kappa shape index (κ1) is 46.5. The number of benzene rings is 6. The molecule has 0 aromatic heterocycles. The number of phenols is 5. The summed E-state index contributed by atoms with van der Waals surface area (Å²) >= 11 is 0. The average molecular weight is 750 g/mol. The average Bonchev–Trinajstić information content (AvgIpc) is 3.11. The van der Waals surface area contributed by atoms with Gasteiger partial charge in [-0.2, -0.15) is 0 Å². The number of aldehydes is 1. The van der Waals surface area contributed by atoms with Gasteiger partial charge < -0.3 is 50.0 Å². The van der Waals surface area contributed by atoms with Crippen molar-refractivity contribution in [2.24, 2.45) is 0 Å². The minimum absolute atomic E-state index is 0. The summed E-state index contributed by atoms with van der Waals surface area (Å²) in [5.74, 6) is 0.843. The van der Waals surface area contributed by atoms with Crippen molar-refractivity contribution in [3.8, 4) is 51.2 Å². The molecule has 0 spiro atoms. The van der Waals surface area contributed by atoms with Crippen molar-refractivity contribution < 1.29 is 54.8 Å². The second-order valence-electron chi connectivity index (χ2n) is 11.0. The maximum Gasteiger partial charge on any atom is 0.488 e. The molecule has 7 rings (SSSR count). The molecule has 9 N–H and O–H groups in total. The van der Waals surface area contributed by atoms with Gasteiger partial charge in [-0.05, 0) is 65.0 Å². The van der Waals surface area contributed by atoms with E-state index in [1.165, 1.54) is 78.9 Å². The van der Waals surface area contributed by atoms with Crippen LogP contribution in [0.1, 0.15) is 32.6 Å². The fourth-order valence-corrected chi connectivity index (χ4v) is 4.72. The van der Waals surface area contributed by atoms with Gasteiger partial charge in [0.25, 0.3) is 0 Å². The SMILES string of the molecule is C.C.C.O=Cc1ccc(B(O)O)cc1.O=c1ccc2c(-c3ccc(B(O)O)cc3)c3ccc(O)cc3oc-2c1.Oc1cccc(O)c1.Oc1cccc(O)c1. The van der Waals surface area contributed by atoms with Crippen LogP contribution in [0.5, 0.6) is 28.7 Å². The Morgan fingerprint density at radius 2 is 0.964 bits per heavy atom. The standard InChI is InChI=1S/C19H13BO5.C7H7BO3.2C6H6O2.3CH4/c21-13-5-7-15-17(9-13)25-18-10-14(22)6-8-16(18)19(15)11-1-3-12(4-2-11)20(23)24;9-5-6-1-3-7(4-2-6)8(10)11;2*7-5-2-1-3-6(8)4-5;;;/h1-10,21,23-24H;1-5,10-11H;2*1-4,7-8H;3*1H4. The highest BCUT2D eigenvalue weighted by Gasteiger charge is 2.18. The van der Waals surface area contributed by atoms with E-state index in [-0.39, 0.29) is 56.5 Å². The highest BCUT2D eigenvalue weighted by Crippen LogP contribution is 2.40. The normalized spacial score (nSPS) is 9.53. The molecule has 14 heteroatoms. The van der Waals surface area contributed by atoms with Gasteiger partial charge in [-0.15, -0.1) is 0 Å². The van der Waals surface area contributed by atoms with E-state index in [9.17, 15) is 24.7 Å². The number of aromatic hydroxyl groups is 5. The van der Waals surface area contributed by atoms with Crippen LogP contribution in [0.2, 0.25) is 0 Å². The van der Waals surface area contributed by atoms with E-state index >= 15 is 0 Å². The Morgan fingerprint density at radius 1 is 0.509 bits per heavy atom. The van der Waals surface area contributed by atoms with Crippen molar-refractivity contribution >= 4 is 42.4 Å². The Labute approximate surface area is 319 Å². The Balaban J connectivity index is 0.000000419. The van der Waals surface area contributed by atoms with E-state index in [0.717, 1.165) is 22.1 Å². The Kier molecular flexibility index (Phi) is 18.4. The Hall–Kier alpha value is -6.57. The van der Waals surface area contributed by atoms with E-state index in [0.29, 0.717) is 34.1 Å². The summed E-state index contributed by atoms with van der Waals surface area (Å²) in [6, 6.07) is 34.0. The molecule has 5 aromatic carbocycles. The predicted molar refractivity (Wildman–Crippen MR) is 217 cm³/mol. The largest absolute Gasteiger partial charge is 0.508 e. The van der Waals surface area contributed by atoms with Crippen LogP contribution in [0.4, 0.5) is 0 Å². The lowest BCUT2D eigenvalue weighted by Crippen LogP contribution is -2.29. The maximum absolute atomic E-state index is 11.7. The van der Waals surface area contributed by atoms with Gasteiger partial charge in [-0.3, -0.25) is 9.59 Å². The third-order valence-electron chi connectivity index (χ3n) is 7.20. The second-order valence-corrected chi connectivity index (χ2v) is 11.0. The quantitative estimate of drug-likeness (QED) is 0.0640. The van der Waals surface area contributed by atoms with Crippen molar-refractivity contribution in [2.75, 3.05) is 0 Å². The number of fused-ring (bicyclic) bond motifs is 2. The number of phenolic OH excluding ortho intramolecular Hbond substituents is 5. The van der Waals surface area contributed by atoms with Crippen LogP contribution in [0, 0.1) is 0 Å². The number of rotatable bonds is 4. The molecule has 0 atom stereocenters. The minimum atomic E-state index is -1.53. The van der Waals surface area contributed by atoms with Gasteiger partial charge in [0.1, 0.15) is 46.4 Å². The summed E-state index contributed by atoms with van der Waals surface area (Å²) in [6.45, 7) is 0. The molecule has 5 aromatic rings. The van der Waals surface area contributed by atoms with Crippen molar-refractivity contribution in [2.45, 2.75) is 22.3 Å².